The highest BCUT2D eigenvalue weighted by molar-refractivity contribution is 5.91. The molecule has 13 heteroatoms. The molecule has 12 rings (SSSR count). The molecular formula is C78H64F2O11. The van der Waals surface area contributed by atoms with Crippen LogP contribution in [0.1, 0.15) is 72.1 Å². The summed E-state index contributed by atoms with van der Waals surface area (Å²) >= 11 is 0. The summed E-state index contributed by atoms with van der Waals surface area (Å²) in [5.41, 5.74) is 7.97. The van der Waals surface area contributed by atoms with Crippen LogP contribution in [0.4, 0.5) is 8.78 Å². The number of carbonyl (C=O) groups is 1. The summed E-state index contributed by atoms with van der Waals surface area (Å²) < 4.78 is 95.7. The van der Waals surface area contributed by atoms with E-state index in [1.807, 2.05) is 194 Å². The molecule has 11 nitrogen and oxygen atoms in total. The van der Waals surface area contributed by atoms with Gasteiger partial charge in [-0.25, -0.2) is 13.6 Å². The quantitative estimate of drug-likeness (QED) is 0.0459. The van der Waals surface area contributed by atoms with Gasteiger partial charge in [0, 0.05) is 29.7 Å². The van der Waals surface area contributed by atoms with Crippen molar-refractivity contribution in [1.82, 2.24) is 0 Å². The van der Waals surface area contributed by atoms with E-state index in [9.17, 15) is 8.78 Å². The third-order valence-electron chi connectivity index (χ3n) is 15.1. The second-order valence-corrected chi connectivity index (χ2v) is 21.7. The average molecular weight is 1220 g/mol. The molecule has 0 unspecified atom stereocenters. The molecule has 1 aliphatic heterocycles. The molecule has 2 atom stereocenters. The fourth-order valence-electron chi connectivity index (χ4n) is 10.3. The number of carbonyl (C=O) groups excluding carboxylic acids is 1. The Hall–Kier alpha value is -11.1. The summed E-state index contributed by atoms with van der Waals surface area (Å²) in [5, 5.41) is 0. The van der Waals surface area contributed by atoms with Gasteiger partial charge in [0.15, 0.2) is 29.1 Å². The first-order valence-corrected chi connectivity index (χ1v) is 29.9. The lowest BCUT2D eigenvalue weighted by atomic mass is 9.93. The second kappa shape index (κ2) is 29.8. The zero-order chi connectivity index (χ0) is 62.0. The third kappa shape index (κ3) is 16.4. The van der Waals surface area contributed by atoms with Gasteiger partial charge in [0.1, 0.15) is 87.8 Å². The van der Waals surface area contributed by atoms with Crippen LogP contribution in [0, 0.1) is 11.6 Å². The standard InChI is InChI=1S/C78H64F2O11/c79-64-35-31-60(32-36-64)46-82-66-43-68(83-51-61-33-37-65(80)38-34-61)67-45-74(91-78(81)63-41-72(86-49-56-23-11-3-12-24-56)77(89-53-59-29-17-6-18-30-59)73(42-63)87-50-57-25-13-4-14-26-57)75(90-69(67)44-66)62-39-70(84-47-54-19-7-1-8-20-54)76(88-52-58-27-15-5-16-28-58)71(40-62)85-48-55-21-9-2-10-22-55/h1-44,74-75H,45-53H2/t74-,75-/m1/s1. The minimum atomic E-state index is -1.10. The van der Waals surface area contributed by atoms with Crippen LogP contribution >= 0.6 is 0 Å². The molecule has 0 bridgehead atoms. The zero-order valence-electron chi connectivity index (χ0n) is 49.7. The largest absolute Gasteiger partial charge is 0.489 e. The fraction of sp³-hybridized carbons (Fsp3) is 0.141. The van der Waals surface area contributed by atoms with Gasteiger partial charge in [-0.15, -0.1) is 0 Å². The van der Waals surface area contributed by atoms with Crippen LogP contribution in [0.5, 0.6) is 51.7 Å². The molecule has 11 aromatic carbocycles. The molecule has 0 spiro atoms. The van der Waals surface area contributed by atoms with Crippen molar-refractivity contribution < 1.29 is 60.9 Å². The van der Waals surface area contributed by atoms with Crippen molar-refractivity contribution in [3.63, 3.8) is 0 Å². The SMILES string of the molecule is O=C(O[C@@H]1Cc2c(OCc3ccc(F)cc3)cc(OCc3ccc(F)cc3)cc2O[C@@H]1c1cc(OCc2ccccc2)c(OCc2ccccc2)c(OCc2ccccc2)c1)c1cc(OCc2ccccc2)c(OCc2ccccc2)c(OCc2ccccc2)c1. The number of fused-ring (bicyclic) bond motifs is 1. The van der Waals surface area contributed by atoms with E-state index in [1.165, 1.54) is 24.3 Å². The maximum Gasteiger partial charge on any atom is 0.338 e. The fourth-order valence-corrected chi connectivity index (χ4v) is 10.3. The molecule has 1 aliphatic rings. The van der Waals surface area contributed by atoms with Gasteiger partial charge in [0.25, 0.3) is 0 Å². The summed E-state index contributed by atoms with van der Waals surface area (Å²) in [7, 11) is 0. The van der Waals surface area contributed by atoms with Gasteiger partial charge < -0.3 is 47.4 Å². The Morgan fingerprint density at radius 2 is 0.670 bits per heavy atom. The molecule has 0 fully saturated rings. The van der Waals surface area contributed by atoms with Crippen LogP contribution in [0.3, 0.4) is 0 Å². The third-order valence-corrected chi connectivity index (χ3v) is 15.1. The van der Waals surface area contributed by atoms with E-state index < -0.39 is 24.0 Å². The van der Waals surface area contributed by atoms with Crippen molar-refractivity contribution in [2.45, 2.75) is 71.5 Å². The lowest BCUT2D eigenvalue weighted by molar-refractivity contribution is -0.0191. The Morgan fingerprint density at radius 3 is 1.04 bits per heavy atom. The maximum absolute atomic E-state index is 15.6. The van der Waals surface area contributed by atoms with Crippen LogP contribution in [-0.2, 0) is 64.0 Å². The van der Waals surface area contributed by atoms with E-state index in [2.05, 4.69) is 0 Å². The normalized spacial score (nSPS) is 13.2. The Kier molecular flexibility index (Phi) is 19.7. The van der Waals surface area contributed by atoms with E-state index in [0.717, 1.165) is 38.9 Å². The minimum Gasteiger partial charge on any atom is -0.489 e. The number of hydrogen-bond acceptors (Lipinski definition) is 11. The van der Waals surface area contributed by atoms with Crippen LogP contribution in [-0.4, -0.2) is 12.1 Å². The van der Waals surface area contributed by atoms with E-state index >= 15 is 4.79 Å². The molecule has 11 aromatic rings. The molecule has 456 valence electrons. The molecule has 91 heavy (non-hydrogen) atoms. The molecular weight excluding hydrogens is 1150 g/mol. The smallest absolute Gasteiger partial charge is 0.338 e. The highest BCUT2D eigenvalue weighted by atomic mass is 19.1. The van der Waals surface area contributed by atoms with E-state index in [4.69, 9.17) is 47.4 Å². The number of rotatable bonds is 27. The van der Waals surface area contributed by atoms with Crippen LogP contribution in [0.25, 0.3) is 0 Å². The van der Waals surface area contributed by atoms with Gasteiger partial charge in [-0.2, -0.15) is 0 Å². The van der Waals surface area contributed by atoms with E-state index in [0.29, 0.717) is 56.9 Å². The lowest BCUT2D eigenvalue weighted by Gasteiger charge is -2.35. The minimum absolute atomic E-state index is 0.0346. The molecule has 0 saturated heterocycles. The molecule has 1 heterocycles. The Balaban J connectivity index is 0.981. The zero-order valence-corrected chi connectivity index (χ0v) is 49.7. The number of halogens is 2. The summed E-state index contributed by atoms with van der Waals surface area (Å²) in [6, 6.07) is 80.9. The number of benzene rings is 11. The van der Waals surface area contributed by atoms with E-state index in [1.54, 1.807) is 48.5 Å². The van der Waals surface area contributed by atoms with Gasteiger partial charge in [0.2, 0.25) is 11.5 Å². The van der Waals surface area contributed by atoms with Crippen molar-refractivity contribution in [3.8, 4) is 51.7 Å². The van der Waals surface area contributed by atoms with Gasteiger partial charge in [-0.1, -0.05) is 206 Å². The second-order valence-electron chi connectivity index (χ2n) is 21.7. The molecule has 0 radical (unpaired) electrons. The van der Waals surface area contributed by atoms with Crippen molar-refractivity contribution in [2.75, 3.05) is 0 Å². The Labute approximate surface area is 527 Å². The van der Waals surface area contributed by atoms with Gasteiger partial charge in [0.05, 0.1) is 5.56 Å². The Bertz CT molecular complexity index is 4000. The topological polar surface area (TPSA) is 109 Å². The summed E-state index contributed by atoms with van der Waals surface area (Å²) in [5.74, 6) is 1.39. The maximum atomic E-state index is 15.6. The molecule has 0 saturated carbocycles. The molecule has 0 amide bonds. The van der Waals surface area contributed by atoms with Crippen molar-refractivity contribution >= 4 is 5.97 Å². The lowest BCUT2D eigenvalue weighted by Crippen LogP contribution is -2.35. The first kappa shape index (κ1) is 60.2. The van der Waals surface area contributed by atoms with Crippen molar-refractivity contribution in [1.29, 1.82) is 0 Å². The number of ether oxygens (including phenoxy) is 10. The summed E-state index contributed by atoms with van der Waals surface area (Å²) in [4.78, 5) is 15.6. The average Bonchev–Trinajstić information content (AvgIpc) is 0.921. The van der Waals surface area contributed by atoms with Crippen LogP contribution in [0.2, 0.25) is 0 Å². The monoisotopic (exact) mass is 1210 g/mol. The first-order valence-electron chi connectivity index (χ1n) is 29.9. The van der Waals surface area contributed by atoms with Gasteiger partial charge >= 0.3 is 5.97 Å². The first-order chi connectivity index (χ1) is 44.8. The Morgan fingerprint density at radius 1 is 0.352 bits per heavy atom. The van der Waals surface area contributed by atoms with E-state index in [-0.39, 0.29) is 82.2 Å². The van der Waals surface area contributed by atoms with Gasteiger partial charge in [-0.05, 0) is 93.0 Å². The molecule has 0 aromatic heterocycles. The highest BCUT2D eigenvalue weighted by Crippen LogP contribution is 2.49. The van der Waals surface area contributed by atoms with Crippen LogP contribution < -0.4 is 42.6 Å². The highest BCUT2D eigenvalue weighted by Gasteiger charge is 2.39. The van der Waals surface area contributed by atoms with Crippen LogP contribution in [0.15, 0.2) is 267 Å². The molecule has 0 aliphatic carbocycles. The summed E-state index contributed by atoms with van der Waals surface area (Å²) in [6.07, 6.45) is -2.13. The van der Waals surface area contributed by atoms with Crippen molar-refractivity contribution in [3.05, 3.63) is 340 Å². The van der Waals surface area contributed by atoms with Crippen molar-refractivity contribution in [2.24, 2.45) is 0 Å². The predicted molar refractivity (Wildman–Crippen MR) is 342 cm³/mol. The predicted octanol–water partition coefficient (Wildman–Crippen LogP) is 17.5. The summed E-state index contributed by atoms with van der Waals surface area (Å²) in [6.45, 7) is 1.07. The number of esters is 1. The number of hydrogen-bond donors (Lipinski definition) is 0. The van der Waals surface area contributed by atoms with Gasteiger partial charge in [-0.3, -0.25) is 0 Å². The molecule has 0 N–H and O–H groups in total.